The van der Waals surface area contributed by atoms with E-state index >= 15 is 0 Å². The summed E-state index contributed by atoms with van der Waals surface area (Å²) in [5.74, 6) is -2.46. The van der Waals surface area contributed by atoms with Gasteiger partial charge >= 0.3 is 5.97 Å². The molecular formula is C24H25NO12. The summed E-state index contributed by atoms with van der Waals surface area (Å²) in [6, 6.07) is 6.71. The van der Waals surface area contributed by atoms with E-state index in [0.717, 1.165) is 0 Å². The third-order valence-electron chi connectivity index (χ3n) is 7.26. The number of nitrogens with one attached hydrogen (secondary N) is 1. The molecule has 0 saturated carbocycles. The van der Waals surface area contributed by atoms with Gasteiger partial charge in [-0.2, -0.15) is 0 Å². The summed E-state index contributed by atoms with van der Waals surface area (Å²) in [6.07, 6.45) is -9.25. The van der Waals surface area contributed by atoms with Crippen molar-refractivity contribution in [3.8, 4) is 28.7 Å². The van der Waals surface area contributed by atoms with Crippen molar-refractivity contribution in [2.24, 2.45) is 0 Å². The molecule has 0 aliphatic carbocycles. The lowest BCUT2D eigenvalue weighted by Crippen LogP contribution is -2.71. The zero-order chi connectivity index (χ0) is 26.2. The molecule has 198 valence electrons. The molecule has 6 N–H and O–H groups in total. The molecule has 37 heavy (non-hydrogen) atoms. The van der Waals surface area contributed by atoms with Crippen LogP contribution in [-0.4, -0.2) is 88.8 Å². The van der Waals surface area contributed by atoms with Gasteiger partial charge in [0, 0.05) is 11.1 Å². The summed E-state index contributed by atoms with van der Waals surface area (Å²) in [5, 5.41) is 54.3. The monoisotopic (exact) mass is 519 g/mol. The molecule has 2 aromatic carbocycles. The van der Waals surface area contributed by atoms with Crippen molar-refractivity contribution < 1.29 is 58.7 Å². The summed E-state index contributed by atoms with van der Waals surface area (Å²) in [6.45, 7) is -0.301. The first-order valence-electron chi connectivity index (χ1n) is 11.5. The van der Waals surface area contributed by atoms with Crippen LogP contribution in [0.15, 0.2) is 24.3 Å². The molecule has 2 aromatic rings. The average Bonchev–Trinajstić information content (AvgIpc) is 3.29. The fourth-order valence-electron chi connectivity index (χ4n) is 5.44. The van der Waals surface area contributed by atoms with E-state index in [2.05, 4.69) is 5.32 Å². The highest BCUT2D eigenvalue weighted by molar-refractivity contribution is 5.75. The first kappa shape index (κ1) is 23.9. The molecule has 1 fully saturated rings. The van der Waals surface area contributed by atoms with Gasteiger partial charge in [0.1, 0.15) is 35.9 Å². The average molecular weight is 519 g/mol. The number of carboxylic acids is 1. The Morgan fingerprint density at radius 3 is 2.46 bits per heavy atom. The van der Waals surface area contributed by atoms with Gasteiger partial charge in [0.15, 0.2) is 23.4 Å². The third kappa shape index (κ3) is 3.25. The quantitative estimate of drug-likeness (QED) is 0.311. The molecule has 0 radical (unpaired) electrons. The van der Waals surface area contributed by atoms with E-state index in [1.165, 1.54) is 14.2 Å². The van der Waals surface area contributed by atoms with Crippen LogP contribution in [0.4, 0.5) is 5.69 Å². The SMILES string of the molecule is COc1ccc2c(c1OC)O[C@@H]1c3ccc4c(c3O[C@@H](O)[C@@H]21)NC[C@@]1(O4)O[C@H](C(=O)O)[C@@H](O)[C@H](O)[C@H]1O. The summed E-state index contributed by atoms with van der Waals surface area (Å²) in [7, 11) is 3.00. The molecule has 1 saturated heterocycles. The zero-order valence-corrected chi connectivity index (χ0v) is 19.7. The maximum atomic E-state index is 11.6. The number of aliphatic hydroxyl groups is 4. The van der Waals surface area contributed by atoms with Crippen molar-refractivity contribution >= 4 is 11.7 Å². The van der Waals surface area contributed by atoms with Crippen LogP contribution in [0.2, 0.25) is 0 Å². The van der Waals surface area contributed by atoms with E-state index in [4.69, 9.17) is 28.4 Å². The third-order valence-corrected chi connectivity index (χ3v) is 7.26. The molecule has 4 heterocycles. The van der Waals surface area contributed by atoms with Crippen molar-refractivity contribution in [2.75, 3.05) is 26.1 Å². The minimum absolute atomic E-state index is 0.109. The minimum Gasteiger partial charge on any atom is -0.493 e. The van der Waals surface area contributed by atoms with E-state index in [-0.39, 0.29) is 18.0 Å². The van der Waals surface area contributed by atoms with Crippen LogP contribution < -0.4 is 29.0 Å². The molecule has 13 heteroatoms. The lowest BCUT2D eigenvalue weighted by Gasteiger charge is -2.49. The van der Waals surface area contributed by atoms with E-state index in [1.54, 1.807) is 24.3 Å². The van der Waals surface area contributed by atoms with Crippen molar-refractivity contribution in [1.82, 2.24) is 0 Å². The maximum absolute atomic E-state index is 11.6. The molecule has 0 aromatic heterocycles. The summed E-state index contributed by atoms with van der Waals surface area (Å²) < 4.78 is 34.4. The van der Waals surface area contributed by atoms with E-state index in [1.807, 2.05) is 0 Å². The van der Waals surface area contributed by atoms with Crippen molar-refractivity contribution in [2.45, 2.75) is 48.5 Å². The van der Waals surface area contributed by atoms with Gasteiger partial charge in [-0.05, 0) is 18.2 Å². The van der Waals surface area contributed by atoms with Gasteiger partial charge in [0.25, 0.3) is 5.79 Å². The molecule has 0 bridgehead atoms. The molecule has 0 amide bonds. The van der Waals surface area contributed by atoms with Crippen LogP contribution in [0.5, 0.6) is 28.7 Å². The Morgan fingerprint density at radius 2 is 1.76 bits per heavy atom. The van der Waals surface area contributed by atoms with Gasteiger partial charge in [-0.25, -0.2) is 4.79 Å². The molecule has 1 spiro atoms. The predicted octanol–water partition coefficient (Wildman–Crippen LogP) is -0.301. The van der Waals surface area contributed by atoms with Gasteiger partial charge in [-0.3, -0.25) is 0 Å². The van der Waals surface area contributed by atoms with Gasteiger partial charge < -0.3 is 59.3 Å². The number of fused-ring (bicyclic) bond motifs is 7. The summed E-state index contributed by atoms with van der Waals surface area (Å²) >= 11 is 0. The lowest BCUT2D eigenvalue weighted by atomic mass is 9.87. The standard InChI is InChI=1S/C24H25NO12/c1-32-11-6-3-8-12-16(34-18(8)19(11)33-2)9-4-5-10-13(17(9)35-23(12)31)25-7-24(36-10)21(28)15(27)14(26)20(37-24)22(29)30/h3-6,12,14-16,20-21,23,25-28,31H,7H2,1-2H3,(H,29,30)/t12-,14-,15-,16+,20-,21+,23+,24+/m0/s1. The van der Waals surface area contributed by atoms with Crippen LogP contribution in [0.3, 0.4) is 0 Å². The Morgan fingerprint density at radius 1 is 1.00 bits per heavy atom. The van der Waals surface area contributed by atoms with Gasteiger partial charge in [-0.15, -0.1) is 0 Å². The van der Waals surface area contributed by atoms with Crippen LogP contribution in [0.1, 0.15) is 23.1 Å². The Kier molecular flexibility index (Phi) is 5.33. The number of methoxy groups -OCH3 is 2. The number of rotatable bonds is 3. The molecule has 4 aliphatic rings. The number of hydrogen-bond donors (Lipinski definition) is 6. The first-order chi connectivity index (χ1) is 17.7. The molecule has 13 nitrogen and oxygen atoms in total. The Bertz CT molecular complexity index is 1270. The lowest BCUT2D eigenvalue weighted by molar-refractivity contribution is -0.325. The largest absolute Gasteiger partial charge is 0.493 e. The van der Waals surface area contributed by atoms with Crippen LogP contribution in [0, 0.1) is 0 Å². The van der Waals surface area contributed by atoms with Gasteiger partial charge in [-0.1, -0.05) is 6.07 Å². The molecule has 0 unspecified atom stereocenters. The number of aliphatic carboxylic acids is 1. The number of carbonyl (C=O) groups is 1. The number of benzene rings is 2. The smallest absolute Gasteiger partial charge is 0.335 e. The first-order valence-corrected chi connectivity index (χ1v) is 11.5. The van der Waals surface area contributed by atoms with Gasteiger partial charge in [0.2, 0.25) is 12.0 Å². The fourth-order valence-corrected chi connectivity index (χ4v) is 5.44. The second-order valence-corrected chi connectivity index (χ2v) is 9.22. The molecular weight excluding hydrogens is 494 g/mol. The second-order valence-electron chi connectivity index (χ2n) is 9.22. The van der Waals surface area contributed by atoms with Gasteiger partial charge in [0.05, 0.1) is 26.7 Å². The van der Waals surface area contributed by atoms with E-state index < -0.39 is 54.5 Å². The van der Waals surface area contributed by atoms with Crippen LogP contribution >= 0.6 is 0 Å². The zero-order valence-electron chi connectivity index (χ0n) is 19.7. The van der Waals surface area contributed by atoms with Crippen LogP contribution in [-0.2, 0) is 9.53 Å². The highest BCUT2D eigenvalue weighted by atomic mass is 16.7. The highest BCUT2D eigenvalue weighted by Gasteiger charge is 2.59. The minimum atomic E-state index is -2.01. The second kappa shape index (κ2) is 8.26. The number of hydrogen-bond acceptors (Lipinski definition) is 12. The Balaban J connectivity index is 1.36. The normalized spacial score (nSPS) is 34.9. The topological polar surface area (TPSA) is 186 Å². The number of ether oxygens (including phenoxy) is 6. The van der Waals surface area contributed by atoms with E-state index in [0.29, 0.717) is 34.1 Å². The van der Waals surface area contributed by atoms with Crippen molar-refractivity contribution in [1.29, 1.82) is 0 Å². The predicted molar refractivity (Wildman–Crippen MR) is 121 cm³/mol. The number of aliphatic hydroxyl groups excluding tert-OH is 4. The number of carboxylic acid groups (broad SMARTS) is 1. The Hall–Kier alpha value is -3.49. The summed E-state index contributed by atoms with van der Waals surface area (Å²) in [4.78, 5) is 11.6. The number of anilines is 1. The van der Waals surface area contributed by atoms with Crippen molar-refractivity contribution in [3.63, 3.8) is 0 Å². The molecule has 4 aliphatic heterocycles. The van der Waals surface area contributed by atoms with Crippen molar-refractivity contribution in [3.05, 3.63) is 35.4 Å². The Labute approximate surface area is 209 Å². The highest BCUT2D eigenvalue weighted by Crippen LogP contribution is 2.60. The fraction of sp³-hybridized carbons (Fsp3) is 0.458. The van der Waals surface area contributed by atoms with E-state index in [9.17, 15) is 30.3 Å². The summed E-state index contributed by atoms with van der Waals surface area (Å²) in [5.41, 5.74) is 1.60. The molecule has 8 atom stereocenters. The van der Waals surface area contributed by atoms with Crippen LogP contribution in [0.25, 0.3) is 0 Å². The maximum Gasteiger partial charge on any atom is 0.335 e. The molecule has 6 rings (SSSR count).